The number of aromatic nitrogens is 3. The van der Waals surface area contributed by atoms with Crippen LogP contribution in [0.15, 0.2) is 30.7 Å². The SMILES string of the molecule is Fc1cnc(NCc2ccnc(OCC(F)(F)F)c2)nc1. The second-order valence-electron chi connectivity index (χ2n) is 3.98. The molecule has 0 unspecified atom stereocenters. The van der Waals surface area contributed by atoms with Gasteiger partial charge in [0.15, 0.2) is 12.4 Å². The summed E-state index contributed by atoms with van der Waals surface area (Å²) in [5.74, 6) is -0.495. The Morgan fingerprint density at radius 3 is 2.52 bits per heavy atom. The first-order chi connectivity index (χ1) is 9.92. The summed E-state index contributed by atoms with van der Waals surface area (Å²) in [7, 11) is 0. The van der Waals surface area contributed by atoms with Gasteiger partial charge >= 0.3 is 6.18 Å². The van der Waals surface area contributed by atoms with Gasteiger partial charge in [0, 0.05) is 18.8 Å². The molecule has 0 fully saturated rings. The zero-order valence-corrected chi connectivity index (χ0v) is 10.6. The van der Waals surface area contributed by atoms with Gasteiger partial charge in [0.25, 0.3) is 0 Å². The van der Waals surface area contributed by atoms with Crippen LogP contribution in [0.5, 0.6) is 5.88 Å². The van der Waals surface area contributed by atoms with Crippen LogP contribution < -0.4 is 10.1 Å². The Balaban J connectivity index is 1.93. The van der Waals surface area contributed by atoms with Gasteiger partial charge in [-0.25, -0.2) is 19.3 Å². The van der Waals surface area contributed by atoms with E-state index in [2.05, 4.69) is 25.0 Å². The monoisotopic (exact) mass is 302 g/mol. The lowest BCUT2D eigenvalue weighted by atomic mass is 10.2. The van der Waals surface area contributed by atoms with Crippen LogP contribution in [0, 0.1) is 5.82 Å². The van der Waals surface area contributed by atoms with Gasteiger partial charge in [0.05, 0.1) is 12.4 Å². The fourth-order valence-electron chi connectivity index (χ4n) is 1.38. The molecule has 0 aliphatic rings. The van der Waals surface area contributed by atoms with E-state index in [-0.39, 0.29) is 18.4 Å². The third kappa shape index (κ3) is 5.21. The molecule has 0 aromatic carbocycles. The lowest BCUT2D eigenvalue weighted by Gasteiger charge is -2.09. The van der Waals surface area contributed by atoms with Crippen molar-refractivity contribution in [3.05, 3.63) is 42.1 Å². The van der Waals surface area contributed by atoms with Gasteiger partial charge in [0.2, 0.25) is 11.8 Å². The van der Waals surface area contributed by atoms with Crippen molar-refractivity contribution >= 4 is 5.95 Å². The molecule has 21 heavy (non-hydrogen) atoms. The minimum Gasteiger partial charge on any atom is -0.468 e. The molecule has 2 aromatic rings. The van der Waals surface area contributed by atoms with Crippen molar-refractivity contribution in [2.24, 2.45) is 0 Å². The highest BCUT2D eigenvalue weighted by Gasteiger charge is 2.28. The maximum Gasteiger partial charge on any atom is 0.422 e. The summed E-state index contributed by atoms with van der Waals surface area (Å²) in [5.41, 5.74) is 0.620. The van der Waals surface area contributed by atoms with Crippen LogP contribution in [-0.2, 0) is 6.54 Å². The van der Waals surface area contributed by atoms with Crippen LogP contribution >= 0.6 is 0 Å². The molecule has 2 heterocycles. The second-order valence-corrected chi connectivity index (χ2v) is 3.98. The van der Waals surface area contributed by atoms with E-state index in [1.807, 2.05) is 0 Å². The predicted molar refractivity (Wildman–Crippen MR) is 65.1 cm³/mol. The Bertz CT molecular complexity index is 589. The Hall–Kier alpha value is -2.45. The molecular formula is C12H10F4N4O. The number of alkyl halides is 3. The molecule has 0 saturated carbocycles. The van der Waals surface area contributed by atoms with Gasteiger partial charge in [-0.3, -0.25) is 0 Å². The zero-order valence-electron chi connectivity index (χ0n) is 10.6. The van der Waals surface area contributed by atoms with E-state index in [4.69, 9.17) is 0 Å². The summed E-state index contributed by atoms with van der Waals surface area (Å²) < 4.78 is 53.2. The van der Waals surface area contributed by atoms with Crippen molar-refractivity contribution in [3.8, 4) is 5.88 Å². The predicted octanol–water partition coefficient (Wildman–Crippen LogP) is 2.56. The zero-order chi connectivity index (χ0) is 15.3. The quantitative estimate of drug-likeness (QED) is 0.860. The van der Waals surface area contributed by atoms with Crippen LogP contribution in [0.3, 0.4) is 0 Å². The van der Waals surface area contributed by atoms with Crippen LogP contribution in [0.1, 0.15) is 5.56 Å². The summed E-state index contributed by atoms with van der Waals surface area (Å²) in [6.45, 7) is -1.17. The maximum atomic E-state index is 12.6. The van der Waals surface area contributed by atoms with Gasteiger partial charge in [-0.15, -0.1) is 0 Å². The largest absolute Gasteiger partial charge is 0.468 e. The first-order valence-electron chi connectivity index (χ1n) is 5.78. The van der Waals surface area contributed by atoms with Gasteiger partial charge in [0.1, 0.15) is 0 Å². The fourth-order valence-corrected chi connectivity index (χ4v) is 1.38. The highest BCUT2D eigenvalue weighted by atomic mass is 19.4. The third-order valence-corrected chi connectivity index (χ3v) is 2.25. The fraction of sp³-hybridized carbons (Fsp3) is 0.250. The summed E-state index contributed by atoms with van der Waals surface area (Å²) in [4.78, 5) is 11.1. The molecule has 2 rings (SSSR count). The molecule has 0 saturated heterocycles. The van der Waals surface area contributed by atoms with Gasteiger partial charge in [-0.1, -0.05) is 0 Å². The van der Waals surface area contributed by atoms with E-state index in [0.717, 1.165) is 12.4 Å². The van der Waals surface area contributed by atoms with Crippen LogP contribution in [0.2, 0.25) is 0 Å². The number of pyridine rings is 1. The number of rotatable bonds is 5. The van der Waals surface area contributed by atoms with E-state index in [0.29, 0.717) is 5.56 Å². The van der Waals surface area contributed by atoms with E-state index in [1.165, 1.54) is 12.3 Å². The van der Waals surface area contributed by atoms with Crippen molar-refractivity contribution in [2.75, 3.05) is 11.9 Å². The first-order valence-corrected chi connectivity index (χ1v) is 5.78. The average molecular weight is 302 g/mol. The molecule has 2 aromatic heterocycles. The highest BCUT2D eigenvalue weighted by Crippen LogP contribution is 2.17. The maximum absolute atomic E-state index is 12.6. The van der Waals surface area contributed by atoms with Crippen molar-refractivity contribution in [1.29, 1.82) is 0 Å². The van der Waals surface area contributed by atoms with Crippen molar-refractivity contribution in [1.82, 2.24) is 15.0 Å². The minimum atomic E-state index is -4.42. The molecule has 5 nitrogen and oxygen atoms in total. The smallest absolute Gasteiger partial charge is 0.422 e. The van der Waals surface area contributed by atoms with Gasteiger partial charge in [-0.05, 0) is 11.6 Å². The number of hydrogen-bond donors (Lipinski definition) is 1. The van der Waals surface area contributed by atoms with E-state index in [1.54, 1.807) is 6.07 Å². The van der Waals surface area contributed by atoms with Crippen molar-refractivity contribution in [3.63, 3.8) is 0 Å². The Labute approximate surface area is 117 Å². The molecule has 0 amide bonds. The highest BCUT2D eigenvalue weighted by molar-refractivity contribution is 5.28. The second kappa shape index (κ2) is 6.33. The number of nitrogens with one attached hydrogen (secondary N) is 1. The van der Waals surface area contributed by atoms with Crippen LogP contribution in [0.25, 0.3) is 0 Å². The van der Waals surface area contributed by atoms with Crippen molar-refractivity contribution < 1.29 is 22.3 Å². The molecule has 9 heteroatoms. The van der Waals surface area contributed by atoms with E-state index in [9.17, 15) is 17.6 Å². The lowest BCUT2D eigenvalue weighted by Crippen LogP contribution is -2.19. The van der Waals surface area contributed by atoms with Crippen molar-refractivity contribution in [2.45, 2.75) is 12.7 Å². The summed E-state index contributed by atoms with van der Waals surface area (Å²) in [6, 6.07) is 2.96. The molecule has 0 bridgehead atoms. The van der Waals surface area contributed by atoms with Gasteiger partial charge < -0.3 is 10.1 Å². The Kier molecular flexibility index (Phi) is 4.51. The summed E-state index contributed by atoms with van der Waals surface area (Å²) in [5, 5.41) is 2.79. The summed E-state index contributed by atoms with van der Waals surface area (Å²) >= 11 is 0. The normalized spacial score (nSPS) is 11.2. The van der Waals surface area contributed by atoms with Gasteiger partial charge in [-0.2, -0.15) is 13.2 Å². The molecule has 112 valence electrons. The standard InChI is InChI=1S/C12H10F4N4O/c13-9-5-19-11(20-6-9)18-4-8-1-2-17-10(3-8)21-7-12(14,15)16/h1-3,5-6H,4,7H2,(H,18,19,20). The lowest BCUT2D eigenvalue weighted by molar-refractivity contribution is -0.154. The topological polar surface area (TPSA) is 59.9 Å². The molecule has 0 radical (unpaired) electrons. The molecule has 0 atom stereocenters. The van der Waals surface area contributed by atoms with E-state index >= 15 is 0 Å². The molecule has 0 aliphatic heterocycles. The number of halogens is 4. The van der Waals surface area contributed by atoms with E-state index < -0.39 is 18.6 Å². The average Bonchev–Trinajstić information content (AvgIpc) is 2.44. The molecule has 0 spiro atoms. The Morgan fingerprint density at radius 2 is 1.86 bits per heavy atom. The first kappa shape index (κ1) is 14.9. The number of hydrogen-bond acceptors (Lipinski definition) is 5. The third-order valence-electron chi connectivity index (χ3n) is 2.25. The number of anilines is 1. The molecular weight excluding hydrogens is 292 g/mol. The number of ether oxygens (including phenoxy) is 1. The van der Waals surface area contributed by atoms with Crippen LogP contribution in [-0.4, -0.2) is 27.7 Å². The summed E-state index contributed by atoms with van der Waals surface area (Å²) in [6.07, 6.45) is -1.09. The Morgan fingerprint density at radius 1 is 1.14 bits per heavy atom. The number of nitrogens with zero attached hydrogens (tertiary/aromatic N) is 3. The minimum absolute atomic E-state index is 0.133. The molecule has 1 N–H and O–H groups in total. The molecule has 0 aliphatic carbocycles. The van der Waals surface area contributed by atoms with Crippen LogP contribution in [0.4, 0.5) is 23.5 Å².